The summed E-state index contributed by atoms with van der Waals surface area (Å²) in [4.78, 5) is 37.8. The Morgan fingerprint density at radius 1 is 1.21 bits per heavy atom. The van der Waals surface area contributed by atoms with Gasteiger partial charge in [-0.3, -0.25) is 19.5 Å². The zero-order valence-electron chi connectivity index (χ0n) is 16.3. The van der Waals surface area contributed by atoms with Gasteiger partial charge in [0, 0.05) is 26.0 Å². The van der Waals surface area contributed by atoms with Crippen LogP contribution in [0, 0.1) is 0 Å². The van der Waals surface area contributed by atoms with E-state index >= 15 is 0 Å². The molecule has 0 fully saturated rings. The molecular weight excluding hydrogens is 370 g/mol. The van der Waals surface area contributed by atoms with Crippen LogP contribution in [-0.4, -0.2) is 40.2 Å². The van der Waals surface area contributed by atoms with Crippen LogP contribution >= 0.6 is 0 Å². The van der Waals surface area contributed by atoms with Crippen molar-refractivity contribution in [2.24, 2.45) is 0 Å². The summed E-state index contributed by atoms with van der Waals surface area (Å²) in [6, 6.07) is 10.4. The Morgan fingerprint density at radius 2 is 1.97 bits per heavy atom. The number of pyridine rings is 1. The normalized spacial score (nSPS) is 11.7. The number of amides is 2. The summed E-state index contributed by atoms with van der Waals surface area (Å²) in [6.07, 6.45) is 5.57. The number of aromatic nitrogens is 3. The average Bonchev–Trinajstić information content (AvgIpc) is 3.27. The number of carbonyl (C=O) groups is 2. The van der Waals surface area contributed by atoms with Crippen molar-refractivity contribution >= 4 is 11.8 Å². The molecular formula is C21H23N5O3. The molecule has 1 atom stereocenters. The lowest BCUT2D eigenvalue weighted by atomic mass is 10.1. The highest BCUT2D eigenvalue weighted by Gasteiger charge is 2.19. The van der Waals surface area contributed by atoms with Gasteiger partial charge in [0.2, 0.25) is 0 Å². The second-order valence-corrected chi connectivity index (χ2v) is 6.63. The second-order valence-electron chi connectivity index (χ2n) is 6.63. The van der Waals surface area contributed by atoms with Gasteiger partial charge in [0.15, 0.2) is 0 Å². The number of benzene rings is 1. The van der Waals surface area contributed by atoms with Crippen molar-refractivity contribution in [1.29, 1.82) is 0 Å². The first kappa shape index (κ1) is 20.1. The highest BCUT2D eigenvalue weighted by Crippen LogP contribution is 2.17. The van der Waals surface area contributed by atoms with Crippen LogP contribution in [0.25, 0.3) is 0 Å². The van der Waals surface area contributed by atoms with Crippen LogP contribution < -0.4 is 16.2 Å². The van der Waals surface area contributed by atoms with Crippen LogP contribution in [0.2, 0.25) is 0 Å². The molecule has 0 aliphatic carbocycles. The van der Waals surface area contributed by atoms with Gasteiger partial charge >= 0.3 is 0 Å². The van der Waals surface area contributed by atoms with E-state index in [0.29, 0.717) is 13.0 Å². The summed E-state index contributed by atoms with van der Waals surface area (Å²) in [6.45, 7) is 2.26. The average molecular weight is 393 g/mol. The third kappa shape index (κ3) is 4.60. The van der Waals surface area contributed by atoms with Crippen molar-refractivity contribution in [3.8, 4) is 0 Å². The molecule has 0 aliphatic rings. The van der Waals surface area contributed by atoms with E-state index in [1.54, 1.807) is 12.4 Å². The van der Waals surface area contributed by atoms with Gasteiger partial charge in [0.1, 0.15) is 5.56 Å². The van der Waals surface area contributed by atoms with Crippen molar-refractivity contribution in [3.63, 3.8) is 0 Å². The van der Waals surface area contributed by atoms with E-state index in [0.717, 1.165) is 11.1 Å². The summed E-state index contributed by atoms with van der Waals surface area (Å²) in [5.41, 5.74) is 1.60. The maximum Gasteiger partial charge on any atom is 0.264 e. The minimum atomic E-state index is -0.531. The quantitative estimate of drug-likeness (QED) is 0.565. The molecule has 0 saturated carbocycles. The summed E-state index contributed by atoms with van der Waals surface area (Å²) in [5, 5.41) is 11.9. The Kier molecular flexibility index (Phi) is 6.23. The predicted molar refractivity (Wildman–Crippen MR) is 109 cm³/mol. The molecule has 0 unspecified atom stereocenters. The van der Waals surface area contributed by atoms with Gasteiger partial charge in [0.05, 0.1) is 17.8 Å². The predicted octanol–water partition coefficient (Wildman–Crippen LogP) is 1.51. The Hall–Kier alpha value is -3.68. The van der Waals surface area contributed by atoms with Crippen molar-refractivity contribution in [2.75, 3.05) is 13.6 Å². The van der Waals surface area contributed by atoms with Gasteiger partial charge in [-0.15, -0.1) is 0 Å². The molecule has 2 heterocycles. The number of carbonyl (C=O) groups excluding carboxylic acids is 2. The molecule has 0 aliphatic heterocycles. The lowest BCUT2D eigenvalue weighted by Crippen LogP contribution is -2.35. The molecule has 3 N–H and O–H groups in total. The molecule has 3 rings (SSSR count). The number of rotatable bonds is 7. The molecule has 0 saturated heterocycles. The van der Waals surface area contributed by atoms with Gasteiger partial charge in [-0.25, -0.2) is 0 Å². The minimum Gasteiger partial charge on any atom is -0.355 e. The highest BCUT2D eigenvalue weighted by atomic mass is 16.2. The van der Waals surface area contributed by atoms with Crippen molar-refractivity contribution < 1.29 is 9.59 Å². The number of hydrogen-bond acceptors (Lipinski definition) is 4. The summed E-state index contributed by atoms with van der Waals surface area (Å²) in [7, 11) is 1.45. The first-order valence-corrected chi connectivity index (χ1v) is 9.30. The van der Waals surface area contributed by atoms with E-state index in [1.165, 1.54) is 23.9 Å². The van der Waals surface area contributed by atoms with E-state index < -0.39 is 11.5 Å². The van der Waals surface area contributed by atoms with Crippen LogP contribution in [0.3, 0.4) is 0 Å². The molecule has 1 aromatic carbocycles. The van der Waals surface area contributed by atoms with Gasteiger partial charge in [-0.2, -0.15) is 5.10 Å². The van der Waals surface area contributed by atoms with Crippen LogP contribution in [0.4, 0.5) is 0 Å². The molecule has 2 aromatic heterocycles. The topological polar surface area (TPSA) is 109 Å². The van der Waals surface area contributed by atoms with Crippen LogP contribution in [0.15, 0.2) is 59.8 Å². The molecule has 0 radical (unpaired) electrons. The fourth-order valence-electron chi connectivity index (χ4n) is 3.04. The number of nitrogens with zero attached hydrogens (tertiary/aromatic N) is 2. The SMILES string of the molecule is CNC(=O)c1cc(C(=O)NCCc2cn[nH]c2)cn([C@H](C)c2ccccc2)c1=O. The lowest BCUT2D eigenvalue weighted by Gasteiger charge is -2.18. The standard InChI is InChI=1S/C21H23N5O3/c1-14(16-6-4-3-5-7-16)26-13-17(10-18(21(26)29)20(28)22-2)19(27)23-9-8-15-11-24-25-12-15/h3-7,10-14H,8-9H2,1-2H3,(H,22,28)(H,23,27)(H,24,25)/t14-/m1/s1. The molecule has 3 aromatic rings. The van der Waals surface area contributed by atoms with Crippen molar-refractivity contribution in [3.05, 3.63) is 87.6 Å². The van der Waals surface area contributed by atoms with Gasteiger partial charge in [-0.05, 0) is 30.5 Å². The second kappa shape index (κ2) is 9.01. The fraction of sp³-hybridized carbons (Fsp3) is 0.238. The molecule has 8 heteroatoms. The van der Waals surface area contributed by atoms with Gasteiger partial charge in [-0.1, -0.05) is 30.3 Å². The van der Waals surface area contributed by atoms with Gasteiger partial charge in [0.25, 0.3) is 17.4 Å². The Balaban J connectivity index is 1.91. The van der Waals surface area contributed by atoms with E-state index in [9.17, 15) is 14.4 Å². The van der Waals surface area contributed by atoms with E-state index in [-0.39, 0.29) is 23.1 Å². The zero-order chi connectivity index (χ0) is 20.8. The van der Waals surface area contributed by atoms with Crippen LogP contribution in [-0.2, 0) is 6.42 Å². The maximum absolute atomic E-state index is 12.9. The first-order chi connectivity index (χ1) is 14.0. The molecule has 0 spiro atoms. The Labute approximate surface area is 168 Å². The lowest BCUT2D eigenvalue weighted by molar-refractivity contribution is 0.0953. The van der Waals surface area contributed by atoms with Gasteiger partial charge < -0.3 is 15.2 Å². The Morgan fingerprint density at radius 3 is 2.62 bits per heavy atom. The first-order valence-electron chi connectivity index (χ1n) is 9.30. The number of aromatic amines is 1. The molecule has 0 bridgehead atoms. The third-order valence-corrected chi connectivity index (χ3v) is 4.73. The van der Waals surface area contributed by atoms with E-state index in [4.69, 9.17) is 0 Å². The Bertz CT molecular complexity index is 1040. The van der Waals surface area contributed by atoms with Crippen LogP contribution in [0.1, 0.15) is 44.8 Å². The number of hydrogen-bond donors (Lipinski definition) is 3. The monoisotopic (exact) mass is 393 g/mol. The van der Waals surface area contributed by atoms with E-state index in [2.05, 4.69) is 20.8 Å². The molecule has 150 valence electrons. The van der Waals surface area contributed by atoms with Crippen molar-refractivity contribution in [2.45, 2.75) is 19.4 Å². The summed E-state index contributed by atoms with van der Waals surface area (Å²) < 4.78 is 1.42. The fourth-order valence-corrected chi connectivity index (χ4v) is 3.04. The maximum atomic E-state index is 12.9. The zero-order valence-corrected chi connectivity index (χ0v) is 16.3. The van der Waals surface area contributed by atoms with E-state index in [1.807, 2.05) is 37.3 Å². The van der Waals surface area contributed by atoms with Crippen LogP contribution in [0.5, 0.6) is 0 Å². The summed E-state index contributed by atoms with van der Waals surface area (Å²) >= 11 is 0. The molecule has 8 nitrogen and oxygen atoms in total. The number of nitrogens with one attached hydrogen (secondary N) is 3. The highest BCUT2D eigenvalue weighted by molar-refractivity contribution is 5.99. The molecule has 29 heavy (non-hydrogen) atoms. The third-order valence-electron chi connectivity index (χ3n) is 4.73. The smallest absolute Gasteiger partial charge is 0.264 e. The minimum absolute atomic E-state index is 0.0715. The summed E-state index contributed by atoms with van der Waals surface area (Å²) in [5.74, 6) is -0.885. The van der Waals surface area contributed by atoms with Crippen molar-refractivity contribution in [1.82, 2.24) is 25.4 Å². The molecule has 2 amide bonds. The number of H-pyrrole nitrogens is 1. The largest absolute Gasteiger partial charge is 0.355 e.